The van der Waals surface area contributed by atoms with Gasteiger partial charge in [0.05, 0.1) is 0 Å². The molecule has 1 aromatic heterocycles. The van der Waals surface area contributed by atoms with Crippen LogP contribution in [0.15, 0.2) is 41.2 Å². The first-order chi connectivity index (χ1) is 11.6. The molecule has 1 heterocycles. The van der Waals surface area contributed by atoms with Crippen molar-refractivity contribution in [3.63, 3.8) is 0 Å². The third-order valence-corrected chi connectivity index (χ3v) is 4.47. The summed E-state index contributed by atoms with van der Waals surface area (Å²) in [6.07, 6.45) is 5.10. The smallest absolute Gasteiger partial charge is 0.274 e. The maximum Gasteiger partial charge on any atom is 0.274 e. The number of rotatable bonds is 4. The molecule has 0 bridgehead atoms. The van der Waals surface area contributed by atoms with Gasteiger partial charge in [0, 0.05) is 24.2 Å². The number of nitrogens with one attached hydrogen (secondary N) is 1. The van der Waals surface area contributed by atoms with E-state index in [0.29, 0.717) is 5.56 Å². The lowest BCUT2D eigenvalue weighted by molar-refractivity contribution is 0.0604. The monoisotopic (exact) mass is 329 g/mol. The van der Waals surface area contributed by atoms with E-state index in [9.17, 15) is 14.0 Å². The molecule has 0 radical (unpaired) electrons. The number of hydrogen-bond donors (Lipinski definition) is 1. The molecule has 5 nitrogen and oxygen atoms in total. The second kappa shape index (κ2) is 7.38. The third kappa shape index (κ3) is 3.69. The summed E-state index contributed by atoms with van der Waals surface area (Å²) >= 11 is 0. The molecule has 24 heavy (non-hydrogen) atoms. The van der Waals surface area contributed by atoms with Crippen molar-refractivity contribution in [3.8, 4) is 0 Å². The molecule has 0 saturated heterocycles. The molecule has 0 unspecified atom stereocenters. The quantitative estimate of drug-likeness (QED) is 0.938. The summed E-state index contributed by atoms with van der Waals surface area (Å²) in [5.41, 5.74) is 0.308. The Kier molecular flexibility index (Phi) is 5.03. The van der Waals surface area contributed by atoms with Gasteiger partial charge in [-0.1, -0.05) is 37.5 Å². The van der Waals surface area contributed by atoms with Crippen LogP contribution in [0.4, 0.5) is 4.39 Å². The van der Waals surface area contributed by atoms with E-state index in [-0.39, 0.29) is 35.6 Å². The van der Waals surface area contributed by atoms with Crippen LogP contribution < -0.4 is 5.56 Å². The van der Waals surface area contributed by atoms with Crippen molar-refractivity contribution >= 4 is 5.91 Å². The van der Waals surface area contributed by atoms with E-state index in [2.05, 4.69) is 10.2 Å². The minimum absolute atomic E-state index is 0.0691. The Hall–Kier alpha value is -2.50. The number of carbonyl (C=O) groups excluding carboxylic acids is 1. The topological polar surface area (TPSA) is 66.1 Å². The fourth-order valence-electron chi connectivity index (χ4n) is 3.18. The Morgan fingerprint density at radius 2 is 1.92 bits per heavy atom. The molecule has 1 saturated carbocycles. The van der Waals surface area contributed by atoms with Crippen LogP contribution in [0, 0.1) is 5.82 Å². The van der Waals surface area contributed by atoms with Gasteiger partial charge in [-0.05, 0) is 25.0 Å². The average Bonchev–Trinajstić information content (AvgIpc) is 2.62. The minimum atomic E-state index is -0.357. The number of halogens is 1. The zero-order valence-electron chi connectivity index (χ0n) is 13.4. The van der Waals surface area contributed by atoms with E-state index < -0.39 is 0 Å². The Morgan fingerprint density at radius 1 is 1.17 bits per heavy atom. The highest BCUT2D eigenvalue weighted by molar-refractivity contribution is 5.92. The van der Waals surface area contributed by atoms with E-state index in [0.717, 1.165) is 32.1 Å². The zero-order valence-corrected chi connectivity index (χ0v) is 13.4. The molecule has 1 N–H and O–H groups in total. The molecular formula is C18H20FN3O2. The molecule has 3 rings (SSSR count). The largest absolute Gasteiger partial charge is 0.330 e. The minimum Gasteiger partial charge on any atom is -0.330 e. The van der Waals surface area contributed by atoms with Crippen molar-refractivity contribution in [3.05, 3.63) is 63.8 Å². The van der Waals surface area contributed by atoms with Crippen molar-refractivity contribution in [2.45, 2.75) is 44.7 Å². The summed E-state index contributed by atoms with van der Waals surface area (Å²) in [5.74, 6) is -0.595. The van der Waals surface area contributed by atoms with Crippen LogP contribution in [0.2, 0.25) is 0 Å². The number of aromatic amines is 1. The van der Waals surface area contributed by atoms with Crippen LogP contribution >= 0.6 is 0 Å². The number of H-pyrrole nitrogens is 1. The molecule has 0 atom stereocenters. The lowest BCUT2D eigenvalue weighted by Crippen LogP contribution is -2.41. The Morgan fingerprint density at radius 3 is 2.58 bits per heavy atom. The maximum absolute atomic E-state index is 14.0. The average molecular weight is 329 g/mol. The number of carbonyl (C=O) groups is 1. The van der Waals surface area contributed by atoms with E-state index in [1.54, 1.807) is 23.1 Å². The molecule has 1 aromatic carbocycles. The van der Waals surface area contributed by atoms with Gasteiger partial charge < -0.3 is 4.90 Å². The van der Waals surface area contributed by atoms with Crippen molar-refractivity contribution in [1.29, 1.82) is 0 Å². The molecular weight excluding hydrogens is 309 g/mol. The van der Waals surface area contributed by atoms with Gasteiger partial charge >= 0.3 is 0 Å². The van der Waals surface area contributed by atoms with Gasteiger partial charge in [0.2, 0.25) is 0 Å². The van der Waals surface area contributed by atoms with Crippen LogP contribution in [0.25, 0.3) is 0 Å². The predicted molar refractivity (Wildman–Crippen MR) is 88.0 cm³/mol. The Labute approximate surface area is 139 Å². The van der Waals surface area contributed by atoms with Crippen molar-refractivity contribution in [2.24, 2.45) is 0 Å². The van der Waals surface area contributed by atoms with Gasteiger partial charge in [0.15, 0.2) is 0 Å². The number of nitrogens with zero attached hydrogens (tertiary/aromatic N) is 2. The molecule has 1 aliphatic rings. The van der Waals surface area contributed by atoms with E-state index in [4.69, 9.17) is 0 Å². The second-order valence-corrected chi connectivity index (χ2v) is 6.12. The zero-order chi connectivity index (χ0) is 16.9. The van der Waals surface area contributed by atoms with Gasteiger partial charge in [-0.25, -0.2) is 9.49 Å². The molecule has 0 aliphatic heterocycles. The highest BCUT2D eigenvalue weighted by Gasteiger charge is 2.28. The van der Waals surface area contributed by atoms with E-state index >= 15 is 0 Å². The van der Waals surface area contributed by atoms with E-state index in [1.165, 1.54) is 18.2 Å². The SMILES string of the molecule is O=C(c1ccc(=O)[nH]n1)N(Cc1ccccc1F)C1CCCCC1. The molecule has 1 aliphatic carbocycles. The summed E-state index contributed by atoms with van der Waals surface area (Å²) in [6, 6.07) is 9.26. The van der Waals surface area contributed by atoms with Gasteiger partial charge in [-0.2, -0.15) is 5.10 Å². The first-order valence-corrected chi connectivity index (χ1v) is 8.25. The third-order valence-electron chi connectivity index (χ3n) is 4.47. The molecule has 0 spiro atoms. The lowest BCUT2D eigenvalue weighted by Gasteiger charge is -2.34. The van der Waals surface area contributed by atoms with Crippen molar-refractivity contribution in [2.75, 3.05) is 0 Å². The van der Waals surface area contributed by atoms with Crippen LogP contribution in [0.5, 0.6) is 0 Å². The van der Waals surface area contributed by atoms with Crippen molar-refractivity contribution < 1.29 is 9.18 Å². The predicted octanol–water partition coefficient (Wildman–Crippen LogP) is 2.88. The van der Waals surface area contributed by atoms with Crippen LogP contribution in [0.1, 0.15) is 48.2 Å². The first-order valence-electron chi connectivity index (χ1n) is 8.25. The van der Waals surface area contributed by atoms with Crippen molar-refractivity contribution in [1.82, 2.24) is 15.1 Å². The maximum atomic E-state index is 14.0. The summed E-state index contributed by atoms with van der Waals surface area (Å²) in [7, 11) is 0. The normalized spacial score (nSPS) is 15.2. The highest BCUT2D eigenvalue weighted by Crippen LogP contribution is 2.25. The fourth-order valence-corrected chi connectivity index (χ4v) is 3.18. The number of aromatic nitrogens is 2. The molecule has 1 fully saturated rings. The summed E-state index contributed by atoms with van der Waals surface area (Å²) in [4.78, 5) is 25.7. The van der Waals surface area contributed by atoms with Gasteiger partial charge in [0.1, 0.15) is 11.5 Å². The fraction of sp³-hybridized carbons (Fsp3) is 0.389. The summed E-state index contributed by atoms with van der Waals surface area (Å²) in [6.45, 7) is 0.205. The van der Waals surface area contributed by atoms with E-state index in [1.807, 2.05) is 0 Å². The number of hydrogen-bond acceptors (Lipinski definition) is 3. The van der Waals surface area contributed by atoms with Gasteiger partial charge in [0.25, 0.3) is 11.5 Å². The summed E-state index contributed by atoms with van der Waals surface area (Å²) < 4.78 is 14.0. The molecule has 1 amide bonds. The van der Waals surface area contributed by atoms with Crippen LogP contribution in [-0.2, 0) is 6.54 Å². The molecule has 126 valence electrons. The van der Waals surface area contributed by atoms with Gasteiger partial charge in [-0.3, -0.25) is 9.59 Å². The molecule has 6 heteroatoms. The number of benzene rings is 1. The second-order valence-electron chi connectivity index (χ2n) is 6.12. The van der Waals surface area contributed by atoms with Crippen LogP contribution in [-0.4, -0.2) is 27.0 Å². The van der Waals surface area contributed by atoms with Gasteiger partial charge in [-0.15, -0.1) is 0 Å². The highest BCUT2D eigenvalue weighted by atomic mass is 19.1. The van der Waals surface area contributed by atoms with Crippen LogP contribution in [0.3, 0.4) is 0 Å². The lowest BCUT2D eigenvalue weighted by atomic mass is 9.93. The Balaban J connectivity index is 1.89. The number of amides is 1. The standard InChI is InChI=1S/C18H20FN3O2/c19-15-9-5-4-6-13(15)12-22(14-7-2-1-3-8-14)18(24)16-10-11-17(23)21-20-16/h4-6,9-11,14H,1-3,7-8,12H2,(H,21,23). The summed E-state index contributed by atoms with van der Waals surface area (Å²) in [5, 5.41) is 6.12. The first kappa shape index (κ1) is 16.4. The Bertz CT molecular complexity index is 748. The molecule has 2 aromatic rings.